The van der Waals surface area contributed by atoms with Crippen LogP contribution < -0.4 is 0 Å². The molecule has 0 radical (unpaired) electrons. The summed E-state index contributed by atoms with van der Waals surface area (Å²) in [6.07, 6.45) is 3.29. The Kier molecular flexibility index (Phi) is 3.22. The predicted molar refractivity (Wildman–Crippen MR) is 58.1 cm³/mol. The van der Waals surface area contributed by atoms with Crippen LogP contribution in [0.4, 0.5) is 0 Å². The molecule has 4 heteroatoms. The highest BCUT2D eigenvalue weighted by Gasteiger charge is 2.55. The van der Waals surface area contributed by atoms with Gasteiger partial charge in [-0.25, -0.2) is 0 Å². The van der Waals surface area contributed by atoms with Crippen LogP contribution in [0, 0.1) is 11.3 Å². The lowest BCUT2D eigenvalue weighted by Gasteiger charge is -2.30. The zero-order valence-corrected chi connectivity index (χ0v) is 9.69. The topological polar surface area (TPSA) is 66.8 Å². The van der Waals surface area contributed by atoms with Crippen LogP contribution in [0.3, 0.4) is 0 Å². The maximum absolute atomic E-state index is 11.5. The molecule has 1 aliphatic heterocycles. The van der Waals surface area contributed by atoms with Gasteiger partial charge in [0.1, 0.15) is 0 Å². The summed E-state index contributed by atoms with van der Waals surface area (Å²) in [5.41, 5.74) is -0.738. The van der Waals surface area contributed by atoms with Gasteiger partial charge in [-0.1, -0.05) is 0 Å². The molecule has 1 saturated carbocycles. The Morgan fingerprint density at radius 2 is 2.25 bits per heavy atom. The molecule has 16 heavy (non-hydrogen) atoms. The first-order valence-electron chi connectivity index (χ1n) is 6.09. The molecule has 2 N–H and O–H groups in total. The maximum Gasteiger partial charge on any atom is 0.312 e. The number of carbonyl (C=O) groups is 1. The van der Waals surface area contributed by atoms with E-state index >= 15 is 0 Å². The number of carboxylic acids is 1. The van der Waals surface area contributed by atoms with Crippen LogP contribution in [-0.2, 0) is 9.53 Å². The van der Waals surface area contributed by atoms with Crippen molar-refractivity contribution in [3.8, 4) is 0 Å². The van der Waals surface area contributed by atoms with Crippen LogP contribution >= 0.6 is 0 Å². The number of aliphatic carboxylic acids is 1. The first-order chi connectivity index (χ1) is 7.56. The highest BCUT2D eigenvalue weighted by atomic mass is 16.5. The highest BCUT2D eigenvalue weighted by molar-refractivity contribution is 5.76. The molecule has 0 spiro atoms. The lowest BCUT2D eigenvalue weighted by Crippen LogP contribution is -2.40. The quantitative estimate of drug-likeness (QED) is 0.746. The lowest BCUT2D eigenvalue weighted by molar-refractivity contribution is -0.154. The summed E-state index contributed by atoms with van der Waals surface area (Å²) in [6.45, 7) is 2.25. The number of rotatable bonds is 5. The molecule has 3 unspecified atom stereocenters. The summed E-state index contributed by atoms with van der Waals surface area (Å²) in [5.74, 6) is -0.310. The molecule has 0 bridgehead atoms. The van der Waals surface area contributed by atoms with E-state index in [9.17, 15) is 15.0 Å². The van der Waals surface area contributed by atoms with Gasteiger partial charge in [-0.3, -0.25) is 4.79 Å². The minimum atomic E-state index is -0.748. The van der Waals surface area contributed by atoms with Gasteiger partial charge >= 0.3 is 5.97 Å². The molecule has 3 atom stereocenters. The van der Waals surface area contributed by atoms with E-state index in [1.165, 1.54) is 0 Å². The first-order valence-corrected chi connectivity index (χ1v) is 6.09. The molecule has 2 rings (SSSR count). The summed E-state index contributed by atoms with van der Waals surface area (Å²) >= 11 is 0. The van der Waals surface area contributed by atoms with Gasteiger partial charge in [-0.15, -0.1) is 0 Å². The van der Waals surface area contributed by atoms with Crippen LogP contribution in [0.15, 0.2) is 0 Å². The molecule has 0 aromatic carbocycles. The van der Waals surface area contributed by atoms with Gasteiger partial charge < -0.3 is 14.9 Å². The Balaban J connectivity index is 2.09. The smallest absolute Gasteiger partial charge is 0.312 e. The number of aliphatic hydroxyl groups excluding tert-OH is 1. The maximum atomic E-state index is 11.5. The zero-order chi connectivity index (χ0) is 11.8. The Morgan fingerprint density at radius 1 is 1.56 bits per heavy atom. The SMILES string of the molecule is CC(O)CCC1(C(=O)O)CCOC1C1CC1. The summed E-state index contributed by atoms with van der Waals surface area (Å²) in [4.78, 5) is 11.5. The van der Waals surface area contributed by atoms with E-state index in [-0.39, 0.29) is 6.10 Å². The zero-order valence-electron chi connectivity index (χ0n) is 9.69. The fraction of sp³-hybridized carbons (Fsp3) is 0.917. The van der Waals surface area contributed by atoms with Crippen molar-refractivity contribution < 1.29 is 19.7 Å². The van der Waals surface area contributed by atoms with Crippen molar-refractivity contribution in [2.45, 2.75) is 51.2 Å². The second-order valence-corrected chi connectivity index (χ2v) is 5.23. The van der Waals surface area contributed by atoms with Gasteiger partial charge in [0.2, 0.25) is 0 Å². The second kappa shape index (κ2) is 4.34. The molecule has 0 amide bonds. The molecule has 1 aliphatic carbocycles. The number of hydrogen-bond donors (Lipinski definition) is 2. The first kappa shape index (κ1) is 11.9. The second-order valence-electron chi connectivity index (χ2n) is 5.23. The predicted octanol–water partition coefficient (Wildman–Crippen LogP) is 1.42. The lowest BCUT2D eigenvalue weighted by atomic mass is 9.75. The minimum absolute atomic E-state index is 0.122. The highest BCUT2D eigenvalue weighted by Crippen LogP contribution is 2.50. The van der Waals surface area contributed by atoms with Gasteiger partial charge in [-0.05, 0) is 44.9 Å². The monoisotopic (exact) mass is 228 g/mol. The van der Waals surface area contributed by atoms with Gasteiger partial charge in [-0.2, -0.15) is 0 Å². The third-order valence-corrected chi connectivity index (χ3v) is 3.87. The van der Waals surface area contributed by atoms with Gasteiger partial charge in [0.25, 0.3) is 0 Å². The molecule has 4 nitrogen and oxygen atoms in total. The third kappa shape index (κ3) is 2.09. The molecule has 92 valence electrons. The fourth-order valence-electron chi connectivity index (χ4n) is 2.73. The van der Waals surface area contributed by atoms with Crippen LogP contribution in [-0.4, -0.2) is 35.0 Å². The van der Waals surface area contributed by atoms with E-state index in [1.807, 2.05) is 0 Å². The molecular weight excluding hydrogens is 208 g/mol. The summed E-state index contributed by atoms with van der Waals surface area (Å²) < 4.78 is 5.62. The molecule has 2 aliphatic rings. The Hall–Kier alpha value is -0.610. The molecule has 1 saturated heterocycles. The average Bonchev–Trinajstić information content (AvgIpc) is 2.95. The van der Waals surface area contributed by atoms with Crippen LogP contribution in [0.1, 0.15) is 39.0 Å². The summed E-state index contributed by atoms with van der Waals surface area (Å²) in [7, 11) is 0. The van der Waals surface area contributed by atoms with E-state index in [1.54, 1.807) is 6.92 Å². The van der Waals surface area contributed by atoms with Crippen LogP contribution in [0.25, 0.3) is 0 Å². The number of hydrogen-bond acceptors (Lipinski definition) is 3. The number of ether oxygens (including phenoxy) is 1. The third-order valence-electron chi connectivity index (χ3n) is 3.87. The van der Waals surface area contributed by atoms with Crippen molar-refractivity contribution in [2.24, 2.45) is 11.3 Å². The standard InChI is InChI=1S/C12H20O4/c1-8(13)4-5-12(11(14)15)6-7-16-10(12)9-2-3-9/h8-10,13H,2-7H2,1H3,(H,14,15). The number of aliphatic hydroxyl groups is 1. The molecule has 2 fully saturated rings. The minimum Gasteiger partial charge on any atom is -0.481 e. The van der Waals surface area contributed by atoms with E-state index in [0.717, 1.165) is 12.8 Å². The van der Waals surface area contributed by atoms with E-state index < -0.39 is 17.5 Å². The van der Waals surface area contributed by atoms with Crippen molar-refractivity contribution in [3.05, 3.63) is 0 Å². The average molecular weight is 228 g/mol. The van der Waals surface area contributed by atoms with Crippen LogP contribution in [0.2, 0.25) is 0 Å². The van der Waals surface area contributed by atoms with E-state index in [2.05, 4.69) is 0 Å². The Bertz CT molecular complexity index is 272. The normalized spacial score (nSPS) is 36.2. The van der Waals surface area contributed by atoms with Crippen molar-refractivity contribution in [3.63, 3.8) is 0 Å². The van der Waals surface area contributed by atoms with Gasteiger partial charge in [0, 0.05) is 6.61 Å². The van der Waals surface area contributed by atoms with Crippen molar-refractivity contribution in [1.82, 2.24) is 0 Å². The largest absolute Gasteiger partial charge is 0.481 e. The molecular formula is C12H20O4. The molecule has 0 aromatic rings. The van der Waals surface area contributed by atoms with Gasteiger partial charge in [0.05, 0.1) is 17.6 Å². The molecule has 1 heterocycles. The van der Waals surface area contributed by atoms with Crippen LogP contribution in [0.5, 0.6) is 0 Å². The fourth-order valence-corrected chi connectivity index (χ4v) is 2.73. The van der Waals surface area contributed by atoms with Crippen molar-refractivity contribution in [2.75, 3.05) is 6.61 Å². The molecule has 0 aromatic heterocycles. The number of carboxylic acid groups (broad SMARTS) is 1. The van der Waals surface area contributed by atoms with Crippen molar-refractivity contribution in [1.29, 1.82) is 0 Å². The van der Waals surface area contributed by atoms with E-state index in [4.69, 9.17) is 4.74 Å². The summed E-state index contributed by atoms with van der Waals surface area (Å²) in [6, 6.07) is 0. The van der Waals surface area contributed by atoms with E-state index in [0.29, 0.717) is 31.8 Å². The Labute approximate surface area is 95.6 Å². The summed E-state index contributed by atoms with van der Waals surface area (Å²) in [5, 5.41) is 18.8. The van der Waals surface area contributed by atoms with Crippen molar-refractivity contribution >= 4 is 5.97 Å². The Morgan fingerprint density at radius 3 is 2.75 bits per heavy atom. The van der Waals surface area contributed by atoms with Gasteiger partial charge in [0.15, 0.2) is 0 Å².